The highest BCUT2D eigenvalue weighted by Gasteiger charge is 2.14. The molecule has 138 valence electrons. The summed E-state index contributed by atoms with van der Waals surface area (Å²) >= 11 is 1.68. The average Bonchev–Trinajstić information content (AvgIpc) is 3.35. The van der Waals surface area contributed by atoms with Crippen LogP contribution in [-0.2, 0) is 4.74 Å². The minimum Gasteiger partial charge on any atom is -0.381 e. The molecule has 1 fully saturated rings. The fraction of sp³-hybridized carbons (Fsp3) is 0.600. The van der Waals surface area contributed by atoms with Gasteiger partial charge in [-0.25, -0.2) is 4.98 Å². The Morgan fingerprint density at radius 3 is 2.64 bits per heavy atom. The van der Waals surface area contributed by atoms with Gasteiger partial charge in [0, 0.05) is 24.5 Å². The number of hydrogen-bond donors (Lipinski definition) is 0. The zero-order valence-corrected chi connectivity index (χ0v) is 16.4. The van der Waals surface area contributed by atoms with Gasteiger partial charge in [-0.3, -0.25) is 0 Å². The van der Waals surface area contributed by atoms with E-state index in [0.29, 0.717) is 0 Å². The fourth-order valence-electron chi connectivity index (χ4n) is 3.00. The Labute approximate surface area is 156 Å². The molecule has 0 N–H and O–H groups in total. The first-order chi connectivity index (χ1) is 12.4. The van der Waals surface area contributed by atoms with Crippen LogP contribution in [0.5, 0.6) is 0 Å². The van der Waals surface area contributed by atoms with E-state index in [1.54, 1.807) is 18.3 Å². The number of benzene rings is 1. The molecule has 4 nitrogen and oxygen atoms in total. The molecule has 0 saturated heterocycles. The van der Waals surface area contributed by atoms with E-state index in [1.807, 2.05) is 48.3 Å². The van der Waals surface area contributed by atoms with Gasteiger partial charge in [-0.2, -0.15) is 4.09 Å². The maximum absolute atomic E-state index is 5.75. The first kappa shape index (κ1) is 20.0. The number of rotatable bonds is 9. The van der Waals surface area contributed by atoms with Crippen LogP contribution in [0.2, 0.25) is 0 Å². The molecule has 0 aliphatic heterocycles. The molecule has 3 rings (SSSR count). The highest BCUT2D eigenvalue weighted by atomic mass is 32.2. The lowest BCUT2D eigenvalue weighted by atomic mass is 10.1. The molecule has 1 heterocycles. The minimum absolute atomic E-state index is 0.783. The monoisotopic (exact) mass is 361 g/mol. The maximum atomic E-state index is 5.75. The first-order valence-electron chi connectivity index (χ1n) is 9.60. The van der Waals surface area contributed by atoms with Crippen molar-refractivity contribution >= 4 is 11.9 Å². The molecule has 0 atom stereocenters. The quantitative estimate of drug-likeness (QED) is 0.556. The minimum atomic E-state index is 0.783. The van der Waals surface area contributed by atoms with Crippen LogP contribution < -0.4 is 0 Å². The van der Waals surface area contributed by atoms with Crippen molar-refractivity contribution in [2.75, 3.05) is 19.0 Å². The lowest BCUT2D eigenvalue weighted by molar-refractivity contribution is 0.121. The van der Waals surface area contributed by atoms with E-state index in [-0.39, 0.29) is 0 Å². The first-order valence-corrected chi connectivity index (χ1v) is 10.5. The van der Waals surface area contributed by atoms with Gasteiger partial charge in [0.1, 0.15) is 6.33 Å². The Morgan fingerprint density at radius 1 is 1.12 bits per heavy atom. The molecule has 0 amide bonds. The summed E-state index contributed by atoms with van der Waals surface area (Å²) in [5.74, 6) is 2.71. The molecular weight excluding hydrogens is 330 g/mol. The SMILES string of the molecule is CC.c1ccc(-c2ncn(SCCCOCCC3CCCC3)n2)cc1. The average molecular weight is 362 g/mol. The van der Waals surface area contributed by atoms with Crippen molar-refractivity contribution in [2.24, 2.45) is 5.92 Å². The number of nitrogens with zero attached hydrogens (tertiary/aromatic N) is 3. The van der Waals surface area contributed by atoms with Crippen molar-refractivity contribution in [3.63, 3.8) is 0 Å². The summed E-state index contributed by atoms with van der Waals surface area (Å²) in [6.45, 7) is 5.77. The summed E-state index contributed by atoms with van der Waals surface area (Å²) in [5, 5.41) is 4.49. The van der Waals surface area contributed by atoms with Crippen LogP contribution in [0.3, 0.4) is 0 Å². The Hall–Kier alpha value is -1.33. The third-order valence-electron chi connectivity index (χ3n) is 4.31. The molecule has 25 heavy (non-hydrogen) atoms. The van der Waals surface area contributed by atoms with Crippen molar-refractivity contribution in [2.45, 2.75) is 52.4 Å². The molecule has 2 aromatic rings. The van der Waals surface area contributed by atoms with Gasteiger partial charge in [0.05, 0.1) is 0 Å². The van der Waals surface area contributed by atoms with Gasteiger partial charge in [0.15, 0.2) is 5.82 Å². The van der Waals surface area contributed by atoms with E-state index in [4.69, 9.17) is 4.74 Å². The highest BCUT2D eigenvalue weighted by molar-refractivity contribution is 7.97. The van der Waals surface area contributed by atoms with Gasteiger partial charge in [-0.1, -0.05) is 69.9 Å². The van der Waals surface area contributed by atoms with Crippen molar-refractivity contribution in [1.82, 2.24) is 14.2 Å². The molecule has 1 aromatic carbocycles. The molecule has 1 aromatic heterocycles. The van der Waals surface area contributed by atoms with Crippen LogP contribution in [0.4, 0.5) is 0 Å². The lowest BCUT2D eigenvalue weighted by Gasteiger charge is -2.08. The molecule has 0 bridgehead atoms. The lowest BCUT2D eigenvalue weighted by Crippen LogP contribution is -2.03. The van der Waals surface area contributed by atoms with Gasteiger partial charge in [0.2, 0.25) is 0 Å². The van der Waals surface area contributed by atoms with Gasteiger partial charge in [-0.15, -0.1) is 5.10 Å². The second-order valence-electron chi connectivity index (χ2n) is 6.08. The van der Waals surface area contributed by atoms with Crippen LogP contribution in [-0.4, -0.2) is 33.1 Å². The third-order valence-corrected chi connectivity index (χ3v) is 5.22. The molecule has 1 aliphatic rings. The van der Waals surface area contributed by atoms with Crippen molar-refractivity contribution in [3.05, 3.63) is 36.7 Å². The maximum Gasteiger partial charge on any atom is 0.182 e. The molecule has 0 radical (unpaired) electrons. The summed E-state index contributed by atoms with van der Waals surface area (Å²) in [5.41, 5.74) is 1.06. The summed E-state index contributed by atoms with van der Waals surface area (Å²) in [6.07, 6.45) is 9.75. The predicted octanol–water partition coefficient (Wildman–Crippen LogP) is 5.45. The summed E-state index contributed by atoms with van der Waals surface area (Å²) in [7, 11) is 0. The van der Waals surface area contributed by atoms with Crippen LogP contribution in [0, 0.1) is 5.92 Å². The van der Waals surface area contributed by atoms with Crippen LogP contribution >= 0.6 is 11.9 Å². The number of ether oxygens (including phenoxy) is 1. The molecule has 0 unspecified atom stereocenters. The summed E-state index contributed by atoms with van der Waals surface area (Å²) in [6, 6.07) is 10.1. The fourth-order valence-corrected chi connectivity index (χ4v) is 3.68. The molecular formula is C20H31N3OS. The summed E-state index contributed by atoms with van der Waals surface area (Å²) in [4.78, 5) is 4.36. The number of hydrogen-bond acceptors (Lipinski definition) is 4. The smallest absolute Gasteiger partial charge is 0.182 e. The Kier molecular flexibility index (Phi) is 9.67. The zero-order valence-electron chi connectivity index (χ0n) is 15.6. The Morgan fingerprint density at radius 2 is 1.88 bits per heavy atom. The van der Waals surface area contributed by atoms with Crippen LogP contribution in [0.1, 0.15) is 52.4 Å². The van der Waals surface area contributed by atoms with E-state index >= 15 is 0 Å². The van der Waals surface area contributed by atoms with Crippen molar-refractivity contribution in [3.8, 4) is 11.4 Å². The highest BCUT2D eigenvalue weighted by Crippen LogP contribution is 2.27. The molecule has 1 aliphatic carbocycles. The number of aromatic nitrogens is 3. The van der Waals surface area contributed by atoms with Crippen molar-refractivity contribution < 1.29 is 4.74 Å². The van der Waals surface area contributed by atoms with Crippen LogP contribution in [0.15, 0.2) is 36.7 Å². The van der Waals surface area contributed by atoms with Gasteiger partial charge in [0.25, 0.3) is 0 Å². The van der Waals surface area contributed by atoms with E-state index in [2.05, 4.69) is 10.1 Å². The van der Waals surface area contributed by atoms with Gasteiger partial charge >= 0.3 is 0 Å². The Bertz CT molecular complexity index is 567. The van der Waals surface area contributed by atoms with Crippen LogP contribution in [0.25, 0.3) is 11.4 Å². The standard InChI is InChI=1S/C18H25N3OS.C2H6/c1-2-9-17(10-3-1)18-19-15-21(20-18)23-14-6-12-22-13-11-16-7-4-5-8-16;1-2/h1-3,9-10,15-16H,4-8,11-14H2;1-2H3. The molecule has 0 spiro atoms. The summed E-state index contributed by atoms with van der Waals surface area (Å²) < 4.78 is 7.60. The zero-order chi connectivity index (χ0) is 17.7. The molecule has 1 saturated carbocycles. The normalized spacial score (nSPS) is 14.3. The van der Waals surface area contributed by atoms with Crippen molar-refractivity contribution in [1.29, 1.82) is 0 Å². The topological polar surface area (TPSA) is 39.9 Å². The Balaban J connectivity index is 0.00000109. The van der Waals surface area contributed by atoms with E-state index in [9.17, 15) is 0 Å². The second-order valence-corrected chi connectivity index (χ2v) is 7.12. The van der Waals surface area contributed by atoms with Gasteiger partial charge in [-0.05, 0) is 30.7 Å². The van der Waals surface area contributed by atoms with E-state index in [1.165, 1.54) is 32.1 Å². The molecule has 5 heteroatoms. The van der Waals surface area contributed by atoms with E-state index < -0.39 is 0 Å². The second kappa shape index (κ2) is 12.1. The predicted molar refractivity (Wildman–Crippen MR) is 107 cm³/mol. The van der Waals surface area contributed by atoms with Gasteiger partial charge < -0.3 is 4.74 Å². The van der Waals surface area contributed by atoms with E-state index in [0.717, 1.165) is 42.7 Å². The third kappa shape index (κ3) is 7.20. The largest absolute Gasteiger partial charge is 0.381 e.